The summed E-state index contributed by atoms with van der Waals surface area (Å²) < 4.78 is 54.7. The van der Waals surface area contributed by atoms with Crippen LogP contribution in [0.5, 0.6) is 46.0 Å². The Labute approximate surface area is 865 Å². The average molecular weight is 2010 g/mol. The highest BCUT2D eigenvalue weighted by Gasteiger charge is 2.37. The highest BCUT2D eigenvalue weighted by atomic mass is 16.5. The number of carbonyl (C=O) groups excluding carboxylic acids is 8. The summed E-state index contributed by atoms with van der Waals surface area (Å²) in [6.07, 6.45) is 2.78. The van der Waals surface area contributed by atoms with Crippen molar-refractivity contribution in [2.75, 3.05) is 180 Å². The normalized spacial score (nSPS) is 16.0. The van der Waals surface area contributed by atoms with E-state index in [1.807, 2.05) is 297 Å². The summed E-state index contributed by atoms with van der Waals surface area (Å²) in [6, 6.07) is 48.2. The highest BCUT2D eigenvalue weighted by Crippen LogP contribution is 2.38. The fourth-order valence-corrected chi connectivity index (χ4v) is 18.4. The van der Waals surface area contributed by atoms with Crippen molar-refractivity contribution < 1.29 is 85.7 Å². The molecule has 146 heavy (non-hydrogen) atoms. The third-order valence-electron chi connectivity index (χ3n) is 27.2. The molecule has 0 atom stereocenters. The van der Waals surface area contributed by atoms with Crippen molar-refractivity contribution in [2.45, 2.75) is 211 Å². The summed E-state index contributed by atoms with van der Waals surface area (Å²) in [6.45, 7) is 52.7. The first-order valence-corrected chi connectivity index (χ1v) is 51.8. The SMILES string of the molecule is CC(C)N1CCc2ccccc2C1=O.CC(C)N1Cc2cc(OCCN3CCOCC3)ccc2C1=O.CC(C)N1Cc2ccc(OCCN(C)C)cc2C1=O.CC(C)N1Cc2ccc(OCCN)cc2C1=O.CC(C)N1Cc2ccc(OCCN3CCOCC3)cc2C1=O.CNCCOc1ccc2c(c1)C(=O)N(C(C)C)C2.COc1cc2c(cc1OC)C(=O)N(C(C)C)CC2.COc1ccc2c(c1)C(=O)N(C(C)C)CC2. The minimum Gasteiger partial charge on any atom is -0.497 e. The molecule has 0 bridgehead atoms. The lowest BCUT2D eigenvalue weighted by molar-refractivity contribution is 0.0321. The molecule has 10 aliphatic rings. The van der Waals surface area contributed by atoms with Crippen LogP contribution in [0.2, 0.25) is 0 Å². The van der Waals surface area contributed by atoms with Gasteiger partial charge >= 0.3 is 0 Å². The predicted octanol–water partition coefficient (Wildman–Crippen LogP) is 14.9. The maximum atomic E-state index is 12.4. The van der Waals surface area contributed by atoms with Crippen molar-refractivity contribution in [1.29, 1.82) is 0 Å². The van der Waals surface area contributed by atoms with Gasteiger partial charge in [0.05, 0.1) is 47.8 Å². The molecule has 18 rings (SSSR count). The van der Waals surface area contributed by atoms with Gasteiger partial charge in [0, 0.05) is 204 Å². The van der Waals surface area contributed by atoms with E-state index < -0.39 is 0 Å². The highest BCUT2D eigenvalue weighted by molar-refractivity contribution is 6.03. The first-order chi connectivity index (χ1) is 69.9. The van der Waals surface area contributed by atoms with Gasteiger partial charge in [-0.1, -0.05) is 48.5 Å². The summed E-state index contributed by atoms with van der Waals surface area (Å²) in [5.41, 5.74) is 20.5. The first kappa shape index (κ1) is 114. The summed E-state index contributed by atoms with van der Waals surface area (Å²) in [4.78, 5) is 120. The molecule has 3 N–H and O–H groups in total. The van der Waals surface area contributed by atoms with Gasteiger partial charge in [0.25, 0.3) is 47.3 Å². The van der Waals surface area contributed by atoms with E-state index in [2.05, 4.69) is 33.9 Å². The number of fused-ring (bicyclic) bond motifs is 8. The smallest absolute Gasteiger partial charge is 0.254 e. The maximum absolute atomic E-state index is 12.4. The second kappa shape index (κ2) is 54.9. The van der Waals surface area contributed by atoms with E-state index in [0.29, 0.717) is 95.6 Å². The molecule has 0 aliphatic carbocycles. The van der Waals surface area contributed by atoms with Crippen LogP contribution in [-0.4, -0.2) is 330 Å². The third-order valence-corrected chi connectivity index (χ3v) is 27.2. The van der Waals surface area contributed by atoms with Crippen molar-refractivity contribution in [3.63, 3.8) is 0 Å². The van der Waals surface area contributed by atoms with E-state index in [4.69, 9.17) is 53.1 Å². The zero-order valence-corrected chi connectivity index (χ0v) is 90.3. The Morgan fingerprint density at radius 2 is 0.596 bits per heavy atom. The molecular weight excluding hydrogens is 1850 g/mol. The molecule has 0 spiro atoms. The van der Waals surface area contributed by atoms with Gasteiger partial charge < -0.3 is 103 Å². The molecule has 0 saturated carbocycles. The summed E-state index contributed by atoms with van der Waals surface area (Å²) in [7, 11) is 10.7. The van der Waals surface area contributed by atoms with E-state index in [9.17, 15) is 38.4 Å². The fraction of sp³-hybridized carbons (Fsp3) is 0.513. The van der Waals surface area contributed by atoms with Gasteiger partial charge in [-0.3, -0.25) is 48.2 Å². The second-order valence-corrected chi connectivity index (χ2v) is 40.1. The van der Waals surface area contributed by atoms with Gasteiger partial charge in [0.1, 0.15) is 67.5 Å². The molecule has 8 amide bonds. The van der Waals surface area contributed by atoms with E-state index >= 15 is 0 Å². The van der Waals surface area contributed by atoms with E-state index in [0.717, 1.165) is 230 Å². The van der Waals surface area contributed by atoms with Crippen LogP contribution in [0, 0.1) is 0 Å². The molecular formula is C115H159N13O18. The number of benzene rings is 8. The Kier molecular flexibility index (Phi) is 42.8. The number of likely N-dealkylation sites (N-methyl/N-ethyl adjacent to an activating group) is 2. The van der Waals surface area contributed by atoms with Crippen molar-refractivity contribution in [2.24, 2.45) is 5.73 Å². The van der Waals surface area contributed by atoms with Crippen LogP contribution in [0.3, 0.4) is 0 Å². The zero-order valence-electron chi connectivity index (χ0n) is 90.3. The second-order valence-electron chi connectivity index (χ2n) is 40.1. The number of nitrogens with zero attached hydrogens (tertiary/aromatic N) is 11. The Balaban J connectivity index is 0.000000159. The standard InChI is InChI=1S/2C17H24N2O3.C15H22N2O2.C14H20N2O2.C14H19NO3.C13H18N2O2.C13H17NO2.C12H15NO/c1-13(2)19-12-14-11-15(3-4-16(14)17(19)20)22-10-7-18-5-8-21-9-6-18;1-13(2)19-12-14-3-4-15(11-16(14)17(19)20)22-10-7-18-5-8-21-9-6-18;1-11(2)17-10-12-5-6-13(9-14(12)15(17)18)19-8-7-16(3)4;1-10(2)16-9-11-4-5-12(18-7-6-15-3)8-13(11)14(16)17;1-9(2)15-6-5-10-7-12(17-3)13(18-4)8-11(10)14(15)16;1-9(2)15-8-10-3-4-11(17-6-5-14)7-12(10)13(15)16;1-9(2)14-7-6-10-4-5-11(16-3)8-12(10)13(14)15;1-9(2)13-8-7-10-5-3-4-6-11(10)12(13)14/h2*3-4,11,13H,5-10,12H2,1-2H3;5-6,9,11H,7-8,10H2,1-4H3;4-5,8,10,15H,6-7,9H2,1-3H3;7-9H,5-6H2,1-4H3;3-4,7,9H,5-6,8,14H2,1-2H3;4-5,8-9H,6-7H2,1-3H3;3-6,9H,7-8H2,1-2H3. The average Bonchev–Trinajstić information content (AvgIpc) is 1.45. The number of rotatable bonds is 30. The zero-order chi connectivity index (χ0) is 106. The molecule has 0 aromatic heterocycles. The Morgan fingerprint density at radius 3 is 0.979 bits per heavy atom. The molecule has 0 unspecified atom stereocenters. The lowest BCUT2D eigenvalue weighted by atomic mass is 9.97. The van der Waals surface area contributed by atoms with Crippen molar-refractivity contribution in [3.8, 4) is 46.0 Å². The third kappa shape index (κ3) is 30.2. The molecule has 31 heteroatoms. The lowest BCUT2D eigenvalue weighted by Crippen LogP contribution is -2.42. The first-order valence-electron chi connectivity index (χ1n) is 51.8. The fourth-order valence-electron chi connectivity index (χ4n) is 18.4. The van der Waals surface area contributed by atoms with Crippen LogP contribution >= 0.6 is 0 Å². The maximum Gasteiger partial charge on any atom is 0.254 e. The van der Waals surface area contributed by atoms with Crippen molar-refractivity contribution >= 4 is 47.3 Å². The Bertz CT molecular complexity index is 5710. The van der Waals surface area contributed by atoms with Gasteiger partial charge in [-0.25, -0.2) is 0 Å². The van der Waals surface area contributed by atoms with Crippen molar-refractivity contribution in [1.82, 2.24) is 59.2 Å². The van der Waals surface area contributed by atoms with Gasteiger partial charge in [-0.05, 0) is 293 Å². The number of nitrogens with one attached hydrogen (secondary N) is 1. The molecule has 10 heterocycles. The Hall–Kier alpha value is -12.4. The molecule has 8 aromatic carbocycles. The number of nitrogens with two attached hydrogens (primary N) is 1. The number of hydrogen-bond donors (Lipinski definition) is 2. The largest absolute Gasteiger partial charge is 0.497 e. The van der Waals surface area contributed by atoms with Gasteiger partial charge in [0.2, 0.25) is 0 Å². The van der Waals surface area contributed by atoms with Crippen LogP contribution in [0.25, 0.3) is 0 Å². The number of ether oxygens (including phenoxy) is 10. The number of hydrogen-bond acceptors (Lipinski definition) is 23. The van der Waals surface area contributed by atoms with E-state index in [1.54, 1.807) is 27.4 Å². The number of carbonyl (C=O) groups is 8. The van der Waals surface area contributed by atoms with Crippen LogP contribution < -0.4 is 48.9 Å². The van der Waals surface area contributed by atoms with Crippen LogP contribution in [0.1, 0.15) is 238 Å². The summed E-state index contributed by atoms with van der Waals surface area (Å²) in [5, 5.41) is 3.02. The predicted molar refractivity (Wildman–Crippen MR) is 569 cm³/mol. The summed E-state index contributed by atoms with van der Waals surface area (Å²) in [5.74, 6) is 6.87. The number of methoxy groups -OCH3 is 3. The number of morpholine rings is 2. The topological polar surface area (TPSA) is 303 Å². The summed E-state index contributed by atoms with van der Waals surface area (Å²) >= 11 is 0. The lowest BCUT2D eigenvalue weighted by Gasteiger charge is -2.32. The monoisotopic (exact) mass is 2010 g/mol. The quantitative estimate of drug-likeness (QED) is 0.0395. The molecule has 31 nitrogen and oxygen atoms in total. The van der Waals surface area contributed by atoms with Crippen molar-refractivity contribution in [3.05, 3.63) is 235 Å². The van der Waals surface area contributed by atoms with E-state index in [-0.39, 0.29) is 89.6 Å². The Morgan fingerprint density at radius 1 is 0.301 bits per heavy atom. The van der Waals surface area contributed by atoms with Gasteiger partial charge in [-0.2, -0.15) is 0 Å². The van der Waals surface area contributed by atoms with Gasteiger partial charge in [-0.15, -0.1) is 0 Å². The number of amides is 8. The van der Waals surface area contributed by atoms with Crippen LogP contribution in [0.15, 0.2) is 146 Å². The van der Waals surface area contributed by atoms with Crippen LogP contribution in [-0.2, 0) is 61.5 Å². The minimum atomic E-state index is 0.0761. The molecule has 2 fully saturated rings. The molecule has 10 aliphatic heterocycles. The molecule has 8 aromatic rings. The van der Waals surface area contributed by atoms with Gasteiger partial charge in [0.15, 0.2) is 11.5 Å². The van der Waals surface area contributed by atoms with E-state index in [1.165, 1.54) is 5.56 Å². The van der Waals surface area contributed by atoms with Crippen LogP contribution in [0.4, 0.5) is 0 Å². The molecule has 792 valence electrons. The molecule has 2 saturated heterocycles. The molecule has 0 radical (unpaired) electrons. The minimum absolute atomic E-state index is 0.0761.